The van der Waals surface area contributed by atoms with Crippen molar-refractivity contribution in [1.82, 2.24) is 14.4 Å². The Balaban J connectivity index is 1.69. The lowest BCUT2D eigenvalue weighted by Crippen LogP contribution is -2.52. The molecule has 2 fully saturated rings. The van der Waals surface area contributed by atoms with Crippen LogP contribution in [0.25, 0.3) is 6.08 Å². The smallest absolute Gasteiger partial charge is 0.340 e. The number of sulfone groups is 1. The Hall–Kier alpha value is -2.13. The summed E-state index contributed by atoms with van der Waals surface area (Å²) in [6, 6.07) is 0.0735. The van der Waals surface area contributed by atoms with E-state index in [1.807, 2.05) is 25.3 Å². The second-order valence-electron chi connectivity index (χ2n) is 8.18. The molecule has 2 aliphatic rings. The van der Waals surface area contributed by atoms with Gasteiger partial charge in [0.05, 0.1) is 23.7 Å². The van der Waals surface area contributed by atoms with Crippen molar-refractivity contribution in [2.24, 2.45) is 0 Å². The van der Waals surface area contributed by atoms with Crippen LogP contribution in [0.2, 0.25) is 0 Å². The quantitative estimate of drug-likeness (QED) is 0.483. The molecule has 1 atom stereocenters. The lowest BCUT2D eigenvalue weighted by molar-refractivity contribution is -0.127. The molecule has 0 spiro atoms. The van der Waals surface area contributed by atoms with Crippen molar-refractivity contribution >= 4 is 27.8 Å². The summed E-state index contributed by atoms with van der Waals surface area (Å²) in [5, 5.41) is 0. The Bertz CT molecular complexity index is 972. The van der Waals surface area contributed by atoms with Crippen LogP contribution in [0.3, 0.4) is 0 Å². The van der Waals surface area contributed by atoms with Gasteiger partial charge in [-0.3, -0.25) is 9.69 Å². The Kier molecular flexibility index (Phi) is 7.26. The summed E-state index contributed by atoms with van der Waals surface area (Å²) < 4.78 is 30.7. The molecule has 0 saturated carbocycles. The zero-order chi connectivity index (χ0) is 22.8. The van der Waals surface area contributed by atoms with Crippen LogP contribution in [-0.4, -0.2) is 85.0 Å². The summed E-state index contributed by atoms with van der Waals surface area (Å²) in [5.41, 5.74) is 3.00. The van der Waals surface area contributed by atoms with E-state index in [2.05, 4.69) is 4.90 Å². The predicted octanol–water partition coefficient (Wildman–Crippen LogP) is 1.65. The van der Waals surface area contributed by atoms with Crippen molar-refractivity contribution in [3.05, 3.63) is 28.6 Å². The van der Waals surface area contributed by atoms with Gasteiger partial charge in [-0.15, -0.1) is 0 Å². The molecular formula is C22H33N3O5S. The Labute approximate surface area is 184 Å². The van der Waals surface area contributed by atoms with E-state index in [4.69, 9.17) is 4.74 Å². The van der Waals surface area contributed by atoms with E-state index in [9.17, 15) is 18.0 Å². The number of amides is 1. The number of carbonyl (C=O) groups excluding carboxylic acids is 2. The third-order valence-corrected chi connectivity index (χ3v) is 8.12. The van der Waals surface area contributed by atoms with Crippen molar-refractivity contribution < 1.29 is 22.7 Å². The number of piperazine rings is 1. The second-order valence-corrected chi connectivity index (χ2v) is 10.4. The average molecular weight is 452 g/mol. The molecule has 0 radical (unpaired) electrons. The fraction of sp³-hybridized carbons (Fsp3) is 0.636. The topological polar surface area (TPSA) is 88.9 Å². The van der Waals surface area contributed by atoms with Crippen LogP contribution in [-0.2, 0) is 25.9 Å². The molecule has 0 aliphatic carbocycles. The SMILES string of the molecule is CCOC(=O)c1c(/C=C/C(=O)N2CCN(C3CCS(=O)(=O)C3)CC2)c(C)n(CC)c1C. The zero-order valence-corrected chi connectivity index (χ0v) is 19.7. The van der Waals surface area contributed by atoms with Gasteiger partial charge in [-0.2, -0.15) is 0 Å². The second kappa shape index (κ2) is 9.56. The van der Waals surface area contributed by atoms with Gasteiger partial charge in [0.15, 0.2) is 9.84 Å². The highest BCUT2D eigenvalue weighted by atomic mass is 32.2. The van der Waals surface area contributed by atoms with Gasteiger partial charge in [0.1, 0.15) is 0 Å². The number of esters is 1. The standard InChI is InChI=1S/C22H33N3O5S/c1-5-25-16(3)19(21(17(25)4)22(27)30-6-2)7-8-20(26)24-12-10-23(11-13-24)18-9-14-31(28,29)15-18/h7-8,18H,5-6,9-15H2,1-4H3/b8-7+. The number of nitrogens with zero attached hydrogens (tertiary/aromatic N) is 3. The van der Waals surface area contributed by atoms with E-state index >= 15 is 0 Å². The molecule has 1 amide bonds. The van der Waals surface area contributed by atoms with Crippen LogP contribution in [0.15, 0.2) is 6.08 Å². The summed E-state index contributed by atoms with van der Waals surface area (Å²) in [6.45, 7) is 11.1. The van der Waals surface area contributed by atoms with E-state index in [1.165, 1.54) is 6.08 Å². The minimum atomic E-state index is -2.91. The van der Waals surface area contributed by atoms with Crippen LogP contribution in [0.4, 0.5) is 0 Å². The summed E-state index contributed by atoms with van der Waals surface area (Å²) in [4.78, 5) is 29.3. The predicted molar refractivity (Wildman–Crippen MR) is 120 cm³/mol. The molecule has 2 aliphatic heterocycles. The lowest BCUT2D eigenvalue weighted by atomic mass is 10.1. The maximum atomic E-state index is 12.8. The summed E-state index contributed by atoms with van der Waals surface area (Å²) in [5.74, 6) is 0.0145. The first-order valence-electron chi connectivity index (χ1n) is 11.0. The van der Waals surface area contributed by atoms with Crippen molar-refractivity contribution in [1.29, 1.82) is 0 Å². The lowest BCUT2D eigenvalue weighted by Gasteiger charge is -2.37. The molecule has 0 bridgehead atoms. The fourth-order valence-corrected chi connectivity index (χ4v) is 6.44. The number of rotatable bonds is 6. The molecule has 8 nitrogen and oxygen atoms in total. The fourth-order valence-electron chi connectivity index (χ4n) is 4.68. The van der Waals surface area contributed by atoms with Gasteiger partial charge in [-0.1, -0.05) is 0 Å². The maximum Gasteiger partial charge on any atom is 0.340 e. The molecule has 0 N–H and O–H groups in total. The summed E-state index contributed by atoms with van der Waals surface area (Å²) in [7, 11) is -2.91. The van der Waals surface area contributed by atoms with Crippen LogP contribution >= 0.6 is 0 Å². The van der Waals surface area contributed by atoms with E-state index in [0.29, 0.717) is 44.8 Å². The van der Waals surface area contributed by atoms with Crippen molar-refractivity contribution in [3.8, 4) is 0 Å². The normalized spacial score (nSPS) is 21.7. The average Bonchev–Trinajstić information content (AvgIpc) is 3.22. The van der Waals surface area contributed by atoms with Crippen LogP contribution in [0, 0.1) is 13.8 Å². The number of hydrogen-bond donors (Lipinski definition) is 0. The van der Waals surface area contributed by atoms with Crippen LogP contribution in [0.5, 0.6) is 0 Å². The number of hydrogen-bond acceptors (Lipinski definition) is 6. The molecule has 1 unspecified atom stereocenters. The first-order chi connectivity index (χ1) is 14.7. The Morgan fingerprint density at radius 2 is 1.77 bits per heavy atom. The Morgan fingerprint density at radius 1 is 1.10 bits per heavy atom. The third kappa shape index (κ3) is 5.03. The molecule has 0 aromatic carbocycles. The van der Waals surface area contributed by atoms with Gasteiger partial charge in [0, 0.05) is 61.8 Å². The molecule has 31 heavy (non-hydrogen) atoms. The largest absolute Gasteiger partial charge is 0.462 e. The van der Waals surface area contributed by atoms with Gasteiger partial charge in [-0.05, 0) is 40.2 Å². The molecule has 3 heterocycles. The summed E-state index contributed by atoms with van der Waals surface area (Å²) in [6.07, 6.45) is 3.93. The molecule has 3 rings (SSSR count). The molecule has 2 saturated heterocycles. The number of carbonyl (C=O) groups is 2. The minimum Gasteiger partial charge on any atom is -0.462 e. The van der Waals surface area contributed by atoms with Gasteiger partial charge < -0.3 is 14.2 Å². The first kappa shape index (κ1) is 23.5. The Morgan fingerprint density at radius 3 is 2.32 bits per heavy atom. The highest BCUT2D eigenvalue weighted by Gasteiger charge is 2.34. The van der Waals surface area contributed by atoms with Crippen LogP contribution < -0.4 is 0 Å². The zero-order valence-electron chi connectivity index (χ0n) is 18.9. The number of ether oxygens (including phenoxy) is 1. The van der Waals surface area contributed by atoms with Gasteiger partial charge in [-0.25, -0.2) is 13.2 Å². The minimum absolute atomic E-state index is 0.0735. The monoisotopic (exact) mass is 451 g/mol. The van der Waals surface area contributed by atoms with Crippen molar-refractivity contribution in [2.75, 3.05) is 44.3 Å². The van der Waals surface area contributed by atoms with E-state index in [-0.39, 0.29) is 29.4 Å². The highest BCUT2D eigenvalue weighted by Crippen LogP contribution is 2.25. The maximum absolute atomic E-state index is 12.8. The van der Waals surface area contributed by atoms with E-state index in [0.717, 1.165) is 23.5 Å². The van der Waals surface area contributed by atoms with Crippen LogP contribution in [0.1, 0.15) is 47.6 Å². The number of aromatic nitrogens is 1. The van der Waals surface area contributed by atoms with Gasteiger partial charge in [0.25, 0.3) is 0 Å². The van der Waals surface area contributed by atoms with E-state index < -0.39 is 9.84 Å². The highest BCUT2D eigenvalue weighted by molar-refractivity contribution is 7.91. The summed E-state index contributed by atoms with van der Waals surface area (Å²) >= 11 is 0. The molecular weight excluding hydrogens is 418 g/mol. The van der Waals surface area contributed by atoms with Gasteiger partial charge >= 0.3 is 5.97 Å². The van der Waals surface area contributed by atoms with Crippen molar-refractivity contribution in [2.45, 2.75) is 46.7 Å². The molecule has 9 heteroatoms. The molecule has 172 valence electrons. The van der Waals surface area contributed by atoms with Gasteiger partial charge in [0.2, 0.25) is 5.91 Å². The van der Waals surface area contributed by atoms with Crippen molar-refractivity contribution in [3.63, 3.8) is 0 Å². The molecule has 1 aromatic heterocycles. The first-order valence-corrected chi connectivity index (χ1v) is 12.8. The molecule has 1 aromatic rings. The third-order valence-electron chi connectivity index (χ3n) is 6.37. The van der Waals surface area contributed by atoms with E-state index in [1.54, 1.807) is 17.9 Å².